The van der Waals surface area contributed by atoms with Crippen LogP contribution in [0.3, 0.4) is 0 Å². The molecule has 1 aromatic carbocycles. The van der Waals surface area contributed by atoms with Gasteiger partial charge in [0, 0.05) is 6.61 Å². The van der Waals surface area contributed by atoms with E-state index in [9.17, 15) is 5.11 Å². The van der Waals surface area contributed by atoms with Crippen molar-refractivity contribution >= 4 is 0 Å². The topological polar surface area (TPSA) is 38.7 Å². The predicted octanol–water partition coefficient (Wildman–Crippen LogP) is 3.72. The van der Waals surface area contributed by atoms with Crippen molar-refractivity contribution < 1.29 is 14.6 Å². The second kappa shape index (κ2) is 8.28. The molecular formula is C17H26O3. The van der Waals surface area contributed by atoms with Gasteiger partial charge in [-0.05, 0) is 42.9 Å². The third-order valence-corrected chi connectivity index (χ3v) is 3.84. The number of aliphatic hydroxyl groups is 1. The summed E-state index contributed by atoms with van der Waals surface area (Å²) in [6, 6.07) is 7.64. The largest absolute Gasteiger partial charge is 0.494 e. The first-order chi connectivity index (χ1) is 9.79. The van der Waals surface area contributed by atoms with Crippen molar-refractivity contribution in [2.24, 2.45) is 5.92 Å². The highest BCUT2D eigenvalue weighted by molar-refractivity contribution is 5.28. The molecule has 0 radical (unpaired) electrons. The number of aliphatic hydroxyl groups excluding tert-OH is 1. The van der Waals surface area contributed by atoms with E-state index < -0.39 is 6.10 Å². The molecule has 112 valence electrons. The normalized spacial score (nSPS) is 17.3. The highest BCUT2D eigenvalue weighted by atomic mass is 16.5. The Labute approximate surface area is 121 Å². The van der Waals surface area contributed by atoms with Crippen molar-refractivity contribution in [2.45, 2.75) is 45.1 Å². The summed E-state index contributed by atoms with van der Waals surface area (Å²) in [6.45, 7) is 3.98. The fourth-order valence-corrected chi connectivity index (χ4v) is 2.63. The Bertz CT molecular complexity index is 368. The molecule has 1 aliphatic carbocycles. The molecule has 0 aromatic heterocycles. The fraction of sp³-hybridized carbons (Fsp3) is 0.647. The highest BCUT2D eigenvalue weighted by Crippen LogP contribution is 2.25. The third kappa shape index (κ3) is 4.80. The van der Waals surface area contributed by atoms with Gasteiger partial charge < -0.3 is 14.6 Å². The number of benzene rings is 1. The van der Waals surface area contributed by atoms with Crippen molar-refractivity contribution in [3.8, 4) is 5.75 Å². The number of ether oxygens (including phenoxy) is 2. The minimum absolute atomic E-state index is 0.381. The van der Waals surface area contributed by atoms with Gasteiger partial charge in [-0.2, -0.15) is 0 Å². The lowest BCUT2D eigenvalue weighted by Gasteiger charge is -2.14. The van der Waals surface area contributed by atoms with E-state index in [1.54, 1.807) is 0 Å². The summed E-state index contributed by atoms with van der Waals surface area (Å²) in [6.07, 6.45) is 5.67. The van der Waals surface area contributed by atoms with Crippen molar-refractivity contribution in [3.63, 3.8) is 0 Å². The molecule has 1 N–H and O–H groups in total. The van der Waals surface area contributed by atoms with Gasteiger partial charge >= 0.3 is 0 Å². The summed E-state index contributed by atoms with van der Waals surface area (Å²) in [5.74, 6) is 1.56. The lowest BCUT2D eigenvalue weighted by Crippen LogP contribution is -2.12. The van der Waals surface area contributed by atoms with Gasteiger partial charge in [0.05, 0.1) is 13.2 Å². The molecule has 0 saturated heterocycles. The fourth-order valence-electron chi connectivity index (χ4n) is 2.63. The van der Waals surface area contributed by atoms with E-state index in [-0.39, 0.29) is 0 Å². The average molecular weight is 278 g/mol. The van der Waals surface area contributed by atoms with Crippen LogP contribution in [0.4, 0.5) is 0 Å². The van der Waals surface area contributed by atoms with E-state index >= 15 is 0 Å². The molecule has 0 spiro atoms. The summed E-state index contributed by atoms with van der Waals surface area (Å²) in [7, 11) is 0. The van der Waals surface area contributed by atoms with Gasteiger partial charge in [0.25, 0.3) is 0 Å². The zero-order chi connectivity index (χ0) is 14.2. The quantitative estimate of drug-likeness (QED) is 0.787. The maximum Gasteiger partial charge on any atom is 0.119 e. The lowest BCUT2D eigenvalue weighted by atomic mass is 10.1. The standard InChI is InChI=1S/C17H26O3/c1-2-11-20-16-9-7-15(8-10-16)17(18)13-19-12-14-5-3-4-6-14/h7-10,14,17-18H,2-6,11-13H2,1H3. The van der Waals surface area contributed by atoms with Crippen molar-refractivity contribution in [1.82, 2.24) is 0 Å². The molecular weight excluding hydrogens is 252 g/mol. The molecule has 2 rings (SSSR count). The maximum atomic E-state index is 10.1. The minimum atomic E-state index is -0.545. The molecule has 0 bridgehead atoms. The van der Waals surface area contributed by atoms with Crippen LogP contribution in [0.25, 0.3) is 0 Å². The molecule has 3 heteroatoms. The van der Waals surface area contributed by atoms with E-state index in [4.69, 9.17) is 9.47 Å². The van der Waals surface area contributed by atoms with Crippen LogP contribution in [-0.4, -0.2) is 24.9 Å². The third-order valence-electron chi connectivity index (χ3n) is 3.84. The first-order valence-electron chi connectivity index (χ1n) is 7.78. The van der Waals surface area contributed by atoms with Gasteiger partial charge in [0.2, 0.25) is 0 Å². The molecule has 1 unspecified atom stereocenters. The molecule has 0 aliphatic heterocycles. The van der Waals surface area contributed by atoms with Crippen LogP contribution in [0.1, 0.15) is 50.7 Å². The van der Waals surface area contributed by atoms with E-state index in [0.29, 0.717) is 12.5 Å². The smallest absolute Gasteiger partial charge is 0.119 e. The molecule has 1 atom stereocenters. The van der Waals surface area contributed by atoms with Gasteiger partial charge in [-0.3, -0.25) is 0 Å². The number of rotatable bonds is 8. The molecule has 0 heterocycles. The van der Waals surface area contributed by atoms with Gasteiger partial charge in [-0.25, -0.2) is 0 Å². The van der Waals surface area contributed by atoms with Gasteiger partial charge in [-0.1, -0.05) is 31.9 Å². The minimum Gasteiger partial charge on any atom is -0.494 e. The summed E-state index contributed by atoms with van der Waals surface area (Å²) in [5, 5.41) is 10.1. The van der Waals surface area contributed by atoms with Crippen LogP contribution in [0.5, 0.6) is 5.75 Å². The number of hydrogen-bond acceptors (Lipinski definition) is 3. The number of hydrogen-bond donors (Lipinski definition) is 1. The van der Waals surface area contributed by atoms with E-state index in [1.807, 2.05) is 24.3 Å². The van der Waals surface area contributed by atoms with Crippen LogP contribution in [0, 0.1) is 5.92 Å². The zero-order valence-corrected chi connectivity index (χ0v) is 12.4. The SMILES string of the molecule is CCCOc1ccc(C(O)COCC2CCCC2)cc1. The Hall–Kier alpha value is -1.06. The van der Waals surface area contributed by atoms with Crippen LogP contribution >= 0.6 is 0 Å². The maximum absolute atomic E-state index is 10.1. The monoisotopic (exact) mass is 278 g/mol. The second-order valence-corrected chi connectivity index (χ2v) is 5.62. The van der Waals surface area contributed by atoms with Crippen molar-refractivity contribution in [2.75, 3.05) is 19.8 Å². The molecule has 3 nitrogen and oxygen atoms in total. The second-order valence-electron chi connectivity index (χ2n) is 5.62. The Balaban J connectivity index is 1.72. The molecule has 1 aliphatic rings. The Morgan fingerprint density at radius 3 is 2.55 bits per heavy atom. The zero-order valence-electron chi connectivity index (χ0n) is 12.4. The van der Waals surface area contributed by atoms with Crippen molar-refractivity contribution in [3.05, 3.63) is 29.8 Å². The van der Waals surface area contributed by atoms with Gasteiger partial charge in [-0.15, -0.1) is 0 Å². The molecule has 1 aromatic rings. The van der Waals surface area contributed by atoms with E-state index in [1.165, 1.54) is 25.7 Å². The first kappa shape index (κ1) is 15.3. The van der Waals surface area contributed by atoms with E-state index in [0.717, 1.165) is 30.9 Å². The summed E-state index contributed by atoms with van der Waals surface area (Å²) in [4.78, 5) is 0. The molecule has 0 amide bonds. The Kier molecular flexibility index (Phi) is 6.34. The molecule has 20 heavy (non-hydrogen) atoms. The average Bonchev–Trinajstić information content (AvgIpc) is 2.99. The lowest BCUT2D eigenvalue weighted by molar-refractivity contribution is 0.0211. The molecule has 1 fully saturated rings. The van der Waals surface area contributed by atoms with Crippen LogP contribution < -0.4 is 4.74 Å². The van der Waals surface area contributed by atoms with Crippen LogP contribution in [0.15, 0.2) is 24.3 Å². The van der Waals surface area contributed by atoms with Crippen LogP contribution in [-0.2, 0) is 4.74 Å². The van der Waals surface area contributed by atoms with E-state index in [2.05, 4.69) is 6.92 Å². The van der Waals surface area contributed by atoms with Gasteiger partial charge in [0.1, 0.15) is 11.9 Å². The summed E-state index contributed by atoms with van der Waals surface area (Å²) < 4.78 is 11.2. The van der Waals surface area contributed by atoms with Crippen molar-refractivity contribution in [1.29, 1.82) is 0 Å². The van der Waals surface area contributed by atoms with Crippen LogP contribution in [0.2, 0.25) is 0 Å². The highest BCUT2D eigenvalue weighted by Gasteiger charge is 2.16. The first-order valence-corrected chi connectivity index (χ1v) is 7.78. The Morgan fingerprint density at radius 1 is 1.20 bits per heavy atom. The Morgan fingerprint density at radius 2 is 1.90 bits per heavy atom. The predicted molar refractivity (Wildman–Crippen MR) is 80.0 cm³/mol. The molecule has 1 saturated carbocycles. The van der Waals surface area contributed by atoms with Gasteiger partial charge in [0.15, 0.2) is 0 Å². The summed E-state index contributed by atoms with van der Waals surface area (Å²) >= 11 is 0. The summed E-state index contributed by atoms with van der Waals surface area (Å²) in [5.41, 5.74) is 0.889.